The van der Waals surface area contributed by atoms with Crippen LogP contribution >= 0.6 is 0 Å². The molecule has 2 heteroatoms. The van der Waals surface area contributed by atoms with E-state index in [1.807, 2.05) is 0 Å². The first kappa shape index (κ1) is 57.6. The van der Waals surface area contributed by atoms with Gasteiger partial charge in [0, 0.05) is 91.9 Å². The van der Waals surface area contributed by atoms with Crippen LogP contribution in [0.1, 0.15) is 294 Å². The van der Waals surface area contributed by atoms with Crippen molar-refractivity contribution < 1.29 is 9.47 Å². The third kappa shape index (κ3) is 8.53. The van der Waals surface area contributed by atoms with Crippen LogP contribution in [0.4, 0.5) is 0 Å². The van der Waals surface area contributed by atoms with Gasteiger partial charge in [-0.05, 0) is 136 Å². The SMILES string of the molecule is CCCCCCCCOc1c2c(c(C#Cc3ccccc3C#Cc3c4c(c(OCCCCCCCC)c5c3C3c6ccccc6C5c5ccccc53)C3c5ccccc5C4c4ccccc43)c3c1C1c4ccccc4C3c3ccccc31)C1c3ccccc3C2c2ccccc21. The highest BCUT2D eigenvalue weighted by atomic mass is 16.5. The Hall–Kier alpha value is -9.86. The van der Waals surface area contributed by atoms with Gasteiger partial charge in [0.05, 0.1) is 13.2 Å². The molecule has 12 aliphatic carbocycles. The lowest BCUT2D eigenvalue weighted by Crippen LogP contribution is -2.34. The zero-order valence-corrected chi connectivity index (χ0v) is 55.1. The van der Waals surface area contributed by atoms with Gasteiger partial charge in [-0.15, -0.1) is 0 Å². The summed E-state index contributed by atoms with van der Waals surface area (Å²) in [6.07, 6.45) is 14.5. The average molecular weight is 1240 g/mol. The Labute approximate surface area is 566 Å². The molecular weight excluding hydrogens is 1160 g/mol. The molecule has 0 spiro atoms. The van der Waals surface area contributed by atoms with Crippen molar-refractivity contribution in [2.75, 3.05) is 13.2 Å². The minimum absolute atomic E-state index is 0.000478. The van der Waals surface area contributed by atoms with Crippen molar-refractivity contribution in [3.05, 3.63) is 374 Å². The molecular formula is C94H78O2. The van der Waals surface area contributed by atoms with Crippen molar-refractivity contribution in [1.82, 2.24) is 0 Å². The van der Waals surface area contributed by atoms with Crippen molar-refractivity contribution in [3.8, 4) is 35.2 Å². The minimum atomic E-state index is -0.0179. The number of rotatable bonds is 16. The first-order valence-corrected chi connectivity index (χ1v) is 36.3. The maximum Gasteiger partial charge on any atom is 0.128 e. The molecule has 2 nitrogen and oxygen atoms in total. The molecule has 0 unspecified atom stereocenters. The quantitative estimate of drug-likeness (QED) is 0.0709. The van der Waals surface area contributed by atoms with Gasteiger partial charge in [-0.2, -0.15) is 0 Å². The van der Waals surface area contributed by atoms with Gasteiger partial charge in [0.2, 0.25) is 0 Å². The predicted octanol–water partition coefficient (Wildman–Crippen LogP) is 21.9. The molecule has 11 aromatic rings. The Morgan fingerprint density at radius 2 is 0.406 bits per heavy atom. The van der Waals surface area contributed by atoms with E-state index in [1.54, 1.807) is 0 Å². The molecule has 96 heavy (non-hydrogen) atoms. The number of hydrogen-bond donors (Lipinski definition) is 0. The summed E-state index contributed by atoms with van der Waals surface area (Å²) in [5.74, 6) is 18.7. The van der Waals surface area contributed by atoms with Crippen molar-refractivity contribution in [3.63, 3.8) is 0 Å². The van der Waals surface area contributed by atoms with Crippen molar-refractivity contribution in [1.29, 1.82) is 0 Å². The third-order valence-corrected chi connectivity index (χ3v) is 23.5. The molecule has 23 rings (SSSR count). The summed E-state index contributed by atoms with van der Waals surface area (Å²) >= 11 is 0. The molecule has 0 amide bonds. The van der Waals surface area contributed by atoms with E-state index < -0.39 is 0 Å². The summed E-state index contributed by atoms with van der Waals surface area (Å²) in [6, 6.07) is 83.2. The second kappa shape index (κ2) is 23.5. The highest BCUT2D eigenvalue weighted by Gasteiger charge is 2.54. The van der Waals surface area contributed by atoms with E-state index in [9.17, 15) is 0 Å². The standard InChI is InChI=1S/C94H78O2/c1-3-5-7-9-11-31-55-95-93-89-81-67-43-23-15-35-59(67)77(60-36-16-24-44-68(60)81)85(89)75(86-78-61-37-17-25-45-69(61)82(90(86)93)70-46-26-18-38-62(70)78)53-51-57-33-13-14-34-58(57)52-54-76-87-79-63-39-19-27-47-71(63)83(72-48-28-20-40-64(72)79)91(87)94(96-56-32-12-10-8-6-4-2)92-84-73-49-29-21-41-65(73)80(88(76)92)66-42-22-30-50-74(66)84/h13-30,33-50,77-84H,3-12,31-32,55-56H2,1-2H3. The van der Waals surface area contributed by atoms with E-state index in [4.69, 9.17) is 9.47 Å². The summed E-state index contributed by atoms with van der Waals surface area (Å²) in [6.45, 7) is 5.98. The van der Waals surface area contributed by atoms with Gasteiger partial charge in [0.15, 0.2) is 0 Å². The molecule has 0 N–H and O–H groups in total. The van der Waals surface area contributed by atoms with E-state index in [2.05, 4.69) is 256 Å². The lowest BCUT2D eigenvalue weighted by molar-refractivity contribution is 0.295. The number of ether oxygens (including phenoxy) is 2. The van der Waals surface area contributed by atoms with Crippen LogP contribution in [0.3, 0.4) is 0 Å². The largest absolute Gasteiger partial charge is 0.493 e. The van der Waals surface area contributed by atoms with Crippen LogP contribution < -0.4 is 9.47 Å². The molecule has 8 bridgehead atoms. The van der Waals surface area contributed by atoms with Crippen LogP contribution in [0.15, 0.2) is 218 Å². The van der Waals surface area contributed by atoms with E-state index in [1.165, 1.54) is 198 Å². The van der Waals surface area contributed by atoms with E-state index in [-0.39, 0.29) is 47.3 Å². The summed E-state index contributed by atoms with van der Waals surface area (Å²) in [4.78, 5) is 0. The Morgan fingerprint density at radius 3 is 0.625 bits per heavy atom. The van der Waals surface area contributed by atoms with Gasteiger partial charge in [0.25, 0.3) is 0 Å². The minimum Gasteiger partial charge on any atom is -0.493 e. The first-order chi connectivity index (χ1) is 47.7. The van der Waals surface area contributed by atoms with Gasteiger partial charge in [-0.1, -0.05) is 308 Å². The van der Waals surface area contributed by atoms with E-state index >= 15 is 0 Å². The molecule has 0 saturated carbocycles. The van der Waals surface area contributed by atoms with E-state index in [0.717, 1.165) is 46.6 Å². The normalized spacial score (nSPS) is 19.8. The summed E-state index contributed by atoms with van der Waals surface area (Å²) in [5, 5.41) is 0. The summed E-state index contributed by atoms with van der Waals surface area (Å²) in [5.41, 5.74) is 37.0. The molecule has 466 valence electrons. The van der Waals surface area contributed by atoms with Crippen LogP contribution in [-0.4, -0.2) is 13.2 Å². The average Bonchev–Trinajstić information content (AvgIpc) is 0.671. The zero-order valence-electron chi connectivity index (χ0n) is 55.1. The molecule has 12 aliphatic rings. The lowest BCUT2D eigenvalue weighted by atomic mass is 9.54. The predicted molar refractivity (Wildman–Crippen MR) is 388 cm³/mol. The Bertz CT molecular complexity index is 4380. The van der Waals surface area contributed by atoms with Crippen LogP contribution in [0, 0.1) is 23.7 Å². The van der Waals surface area contributed by atoms with Gasteiger partial charge < -0.3 is 9.47 Å². The topological polar surface area (TPSA) is 18.5 Å². The molecule has 0 radical (unpaired) electrons. The monoisotopic (exact) mass is 1240 g/mol. The van der Waals surface area contributed by atoms with Crippen LogP contribution in [-0.2, 0) is 0 Å². The van der Waals surface area contributed by atoms with Gasteiger partial charge in [0.1, 0.15) is 11.5 Å². The maximum atomic E-state index is 7.65. The maximum absolute atomic E-state index is 7.65. The van der Waals surface area contributed by atoms with Crippen LogP contribution in [0.25, 0.3) is 0 Å². The van der Waals surface area contributed by atoms with Gasteiger partial charge in [-0.25, -0.2) is 0 Å². The molecule has 0 aromatic heterocycles. The Morgan fingerprint density at radius 1 is 0.219 bits per heavy atom. The molecule has 0 heterocycles. The van der Waals surface area contributed by atoms with E-state index in [0.29, 0.717) is 13.2 Å². The molecule has 0 saturated heterocycles. The third-order valence-electron chi connectivity index (χ3n) is 23.5. The van der Waals surface area contributed by atoms with Crippen LogP contribution in [0.5, 0.6) is 11.5 Å². The lowest BCUT2D eigenvalue weighted by Gasteiger charge is -2.48. The molecule has 0 fully saturated rings. The number of benzene rings is 11. The Kier molecular flexibility index (Phi) is 14.1. The summed E-state index contributed by atoms with van der Waals surface area (Å²) in [7, 11) is 0. The fourth-order valence-corrected chi connectivity index (χ4v) is 19.7. The second-order valence-corrected chi connectivity index (χ2v) is 28.5. The van der Waals surface area contributed by atoms with Crippen molar-refractivity contribution in [2.24, 2.45) is 0 Å². The fourth-order valence-electron chi connectivity index (χ4n) is 19.7. The van der Waals surface area contributed by atoms with Gasteiger partial charge in [-0.3, -0.25) is 0 Å². The number of hydrogen-bond acceptors (Lipinski definition) is 2. The van der Waals surface area contributed by atoms with Crippen molar-refractivity contribution >= 4 is 0 Å². The number of unbranched alkanes of at least 4 members (excludes halogenated alkanes) is 10. The van der Waals surface area contributed by atoms with Crippen molar-refractivity contribution in [2.45, 2.75) is 138 Å². The second-order valence-electron chi connectivity index (χ2n) is 28.5. The smallest absolute Gasteiger partial charge is 0.128 e. The molecule has 0 atom stereocenters. The highest BCUT2D eigenvalue weighted by molar-refractivity contribution is 5.85. The molecule has 11 aromatic carbocycles. The summed E-state index contributed by atoms with van der Waals surface area (Å²) < 4.78 is 15.3. The first-order valence-electron chi connectivity index (χ1n) is 36.3. The van der Waals surface area contributed by atoms with Crippen LogP contribution in [0.2, 0.25) is 0 Å². The fraction of sp³-hybridized carbons (Fsp3) is 0.255. The molecule has 0 aliphatic heterocycles. The zero-order chi connectivity index (χ0) is 63.5. The van der Waals surface area contributed by atoms with Gasteiger partial charge >= 0.3 is 0 Å². The Balaban J connectivity index is 0.839. The highest BCUT2D eigenvalue weighted by Crippen LogP contribution is 2.68.